The molecule has 1 amide bonds. The molecule has 3 atom stereocenters. The molecule has 1 rings (SSSR count). The Morgan fingerprint density at radius 1 is 1.56 bits per heavy atom. The van der Waals surface area contributed by atoms with Crippen molar-refractivity contribution in [3.05, 3.63) is 0 Å². The van der Waals surface area contributed by atoms with Crippen molar-refractivity contribution in [3.8, 4) is 0 Å². The minimum Gasteiger partial charge on any atom is -0.368 e. The summed E-state index contributed by atoms with van der Waals surface area (Å²) in [7, 11) is 4.24. The molecule has 0 bridgehead atoms. The van der Waals surface area contributed by atoms with E-state index >= 15 is 0 Å². The van der Waals surface area contributed by atoms with E-state index < -0.39 is 11.4 Å². The highest BCUT2D eigenvalue weighted by Crippen LogP contribution is 2.20. The minimum atomic E-state index is -0.912. The van der Waals surface area contributed by atoms with Crippen LogP contribution in [0.1, 0.15) is 33.1 Å². The lowest BCUT2D eigenvalue weighted by atomic mass is 9.92. The van der Waals surface area contributed by atoms with Crippen LogP contribution in [0.15, 0.2) is 0 Å². The standard InChI is InChI=1S/C13H28N4O/c1-10(8-13(2,15)12(14)18)17-7-5-6-11(9-17)16(3)4/h10-11H,5-9,15H2,1-4H3,(H2,14,18). The number of nitrogens with zero attached hydrogens (tertiary/aromatic N) is 2. The van der Waals surface area contributed by atoms with Gasteiger partial charge >= 0.3 is 0 Å². The summed E-state index contributed by atoms with van der Waals surface area (Å²) in [6.45, 7) is 5.98. The molecule has 0 spiro atoms. The van der Waals surface area contributed by atoms with Gasteiger partial charge in [0.2, 0.25) is 5.91 Å². The van der Waals surface area contributed by atoms with Gasteiger partial charge in [-0.2, -0.15) is 0 Å². The van der Waals surface area contributed by atoms with Gasteiger partial charge in [-0.25, -0.2) is 0 Å². The van der Waals surface area contributed by atoms with Gasteiger partial charge in [-0.05, 0) is 53.8 Å². The topological polar surface area (TPSA) is 75.6 Å². The van der Waals surface area contributed by atoms with Crippen LogP contribution in [0, 0.1) is 0 Å². The first-order valence-corrected chi connectivity index (χ1v) is 6.73. The number of nitrogens with two attached hydrogens (primary N) is 2. The van der Waals surface area contributed by atoms with Gasteiger partial charge < -0.3 is 16.4 Å². The van der Waals surface area contributed by atoms with E-state index in [1.54, 1.807) is 6.92 Å². The SMILES string of the molecule is CC(CC(C)(N)C(N)=O)N1CCCC(N(C)C)C1. The number of amides is 1. The van der Waals surface area contributed by atoms with Gasteiger partial charge in [-0.1, -0.05) is 0 Å². The molecule has 4 N–H and O–H groups in total. The second-order valence-corrected chi connectivity index (χ2v) is 6.09. The van der Waals surface area contributed by atoms with Crippen LogP contribution in [0.5, 0.6) is 0 Å². The molecule has 0 aliphatic carbocycles. The van der Waals surface area contributed by atoms with E-state index in [1.807, 2.05) is 0 Å². The molecule has 0 saturated carbocycles. The van der Waals surface area contributed by atoms with E-state index in [-0.39, 0.29) is 6.04 Å². The summed E-state index contributed by atoms with van der Waals surface area (Å²) >= 11 is 0. The molecule has 1 saturated heterocycles. The van der Waals surface area contributed by atoms with Crippen LogP contribution in [-0.2, 0) is 4.79 Å². The third-order valence-electron chi connectivity index (χ3n) is 4.06. The summed E-state index contributed by atoms with van der Waals surface area (Å²) in [6.07, 6.45) is 3.06. The van der Waals surface area contributed by atoms with E-state index in [9.17, 15) is 4.79 Å². The van der Waals surface area contributed by atoms with Gasteiger partial charge in [0, 0.05) is 18.6 Å². The van der Waals surface area contributed by atoms with E-state index in [0.717, 1.165) is 13.1 Å². The molecule has 5 nitrogen and oxygen atoms in total. The Morgan fingerprint density at radius 2 is 2.17 bits per heavy atom. The van der Waals surface area contributed by atoms with Crippen molar-refractivity contribution in [2.45, 2.75) is 50.7 Å². The zero-order valence-electron chi connectivity index (χ0n) is 12.1. The number of hydrogen-bond acceptors (Lipinski definition) is 4. The van der Waals surface area contributed by atoms with Crippen LogP contribution in [0.2, 0.25) is 0 Å². The van der Waals surface area contributed by atoms with Crippen molar-refractivity contribution in [1.82, 2.24) is 9.80 Å². The minimum absolute atomic E-state index is 0.287. The Labute approximate surface area is 110 Å². The van der Waals surface area contributed by atoms with E-state index in [0.29, 0.717) is 12.5 Å². The van der Waals surface area contributed by atoms with E-state index in [4.69, 9.17) is 11.5 Å². The largest absolute Gasteiger partial charge is 0.368 e. The summed E-state index contributed by atoms with van der Waals surface area (Å²) in [4.78, 5) is 16.0. The van der Waals surface area contributed by atoms with Crippen LogP contribution in [0.3, 0.4) is 0 Å². The number of likely N-dealkylation sites (tertiary alicyclic amines) is 1. The average Bonchev–Trinajstić information content (AvgIpc) is 2.28. The monoisotopic (exact) mass is 256 g/mol. The molecular weight excluding hydrogens is 228 g/mol. The van der Waals surface area contributed by atoms with Crippen molar-refractivity contribution < 1.29 is 4.79 Å². The fourth-order valence-corrected chi connectivity index (χ4v) is 2.65. The predicted molar refractivity (Wildman–Crippen MR) is 74.1 cm³/mol. The Bertz CT molecular complexity index is 291. The Hall–Kier alpha value is -0.650. The third kappa shape index (κ3) is 3.93. The molecule has 1 aliphatic rings. The molecule has 1 aliphatic heterocycles. The number of hydrogen-bond donors (Lipinski definition) is 2. The van der Waals surface area contributed by atoms with Crippen molar-refractivity contribution in [3.63, 3.8) is 0 Å². The van der Waals surface area contributed by atoms with E-state index in [2.05, 4.69) is 30.8 Å². The first kappa shape index (κ1) is 15.4. The summed E-state index contributed by atoms with van der Waals surface area (Å²) in [6, 6.07) is 0.883. The summed E-state index contributed by atoms with van der Waals surface area (Å²) in [5.74, 6) is -0.421. The van der Waals surface area contributed by atoms with Gasteiger partial charge in [0.05, 0.1) is 5.54 Å². The number of rotatable bonds is 5. The summed E-state index contributed by atoms with van der Waals surface area (Å²) in [5.41, 5.74) is 10.4. The molecule has 0 aromatic rings. The lowest BCUT2D eigenvalue weighted by molar-refractivity contribution is -0.123. The summed E-state index contributed by atoms with van der Waals surface area (Å²) < 4.78 is 0. The molecule has 106 valence electrons. The van der Waals surface area contributed by atoms with Crippen molar-refractivity contribution >= 4 is 5.91 Å². The smallest absolute Gasteiger partial charge is 0.237 e. The second kappa shape index (κ2) is 5.99. The highest BCUT2D eigenvalue weighted by Gasteiger charge is 2.32. The zero-order chi connectivity index (χ0) is 13.9. The number of piperidine rings is 1. The molecule has 3 unspecified atom stereocenters. The van der Waals surface area contributed by atoms with Crippen LogP contribution in [0.4, 0.5) is 0 Å². The fourth-order valence-electron chi connectivity index (χ4n) is 2.65. The normalized spacial score (nSPS) is 26.9. The van der Waals surface area contributed by atoms with Gasteiger partial charge in [0.1, 0.15) is 0 Å². The highest BCUT2D eigenvalue weighted by atomic mass is 16.1. The molecule has 0 radical (unpaired) electrons. The van der Waals surface area contributed by atoms with Crippen molar-refractivity contribution in [1.29, 1.82) is 0 Å². The zero-order valence-corrected chi connectivity index (χ0v) is 12.1. The number of carbonyl (C=O) groups is 1. The van der Waals surface area contributed by atoms with Gasteiger partial charge in [-0.15, -0.1) is 0 Å². The average molecular weight is 256 g/mol. The quantitative estimate of drug-likeness (QED) is 0.725. The molecule has 1 heterocycles. The maximum absolute atomic E-state index is 11.3. The molecule has 0 aromatic carbocycles. The predicted octanol–water partition coefficient (Wildman–Crippen LogP) is -0.00630. The van der Waals surface area contributed by atoms with Gasteiger partial charge in [-0.3, -0.25) is 9.69 Å². The molecule has 5 heteroatoms. The molecular formula is C13H28N4O. The number of primary amides is 1. The number of likely N-dealkylation sites (N-methyl/N-ethyl adjacent to an activating group) is 1. The van der Waals surface area contributed by atoms with Crippen LogP contribution in [0.25, 0.3) is 0 Å². The summed E-state index contributed by atoms with van der Waals surface area (Å²) in [5, 5.41) is 0. The molecule has 18 heavy (non-hydrogen) atoms. The Morgan fingerprint density at radius 3 is 2.67 bits per heavy atom. The second-order valence-electron chi connectivity index (χ2n) is 6.09. The van der Waals surface area contributed by atoms with Crippen LogP contribution < -0.4 is 11.5 Å². The van der Waals surface area contributed by atoms with Crippen molar-refractivity contribution in [2.75, 3.05) is 27.2 Å². The molecule has 1 fully saturated rings. The Kier molecular flexibility index (Phi) is 5.13. The van der Waals surface area contributed by atoms with Gasteiger partial charge in [0.25, 0.3) is 0 Å². The third-order valence-corrected chi connectivity index (χ3v) is 4.06. The van der Waals surface area contributed by atoms with Crippen LogP contribution in [-0.4, -0.2) is 60.5 Å². The first-order valence-electron chi connectivity index (χ1n) is 6.73. The molecule has 0 aromatic heterocycles. The lowest BCUT2D eigenvalue weighted by Crippen LogP contribution is -2.55. The maximum atomic E-state index is 11.3. The Balaban J connectivity index is 2.56. The van der Waals surface area contributed by atoms with Gasteiger partial charge in [0.15, 0.2) is 0 Å². The van der Waals surface area contributed by atoms with Crippen molar-refractivity contribution in [2.24, 2.45) is 11.5 Å². The first-order chi connectivity index (χ1) is 8.24. The van der Waals surface area contributed by atoms with Crippen LogP contribution >= 0.6 is 0 Å². The number of carbonyl (C=O) groups excluding carboxylic acids is 1. The lowest BCUT2D eigenvalue weighted by Gasteiger charge is -2.41. The van der Waals surface area contributed by atoms with E-state index in [1.165, 1.54) is 12.8 Å². The fraction of sp³-hybridized carbons (Fsp3) is 0.923. The maximum Gasteiger partial charge on any atom is 0.237 e. The highest BCUT2D eigenvalue weighted by molar-refractivity contribution is 5.83.